The number of aromatic nitrogens is 1. The summed E-state index contributed by atoms with van der Waals surface area (Å²) >= 11 is 0. The minimum absolute atomic E-state index is 0.00806. The molecule has 33 heavy (non-hydrogen) atoms. The third-order valence-electron chi connectivity index (χ3n) is 5.60. The number of imide groups is 1. The number of benzene rings is 1. The van der Waals surface area contributed by atoms with E-state index >= 15 is 0 Å². The zero-order chi connectivity index (χ0) is 24.2. The fourth-order valence-corrected chi connectivity index (χ4v) is 4.44. The van der Waals surface area contributed by atoms with Gasteiger partial charge in [0.25, 0.3) is 21.7 Å². The fourth-order valence-electron chi connectivity index (χ4n) is 3.68. The first-order valence-corrected chi connectivity index (χ1v) is 11.2. The van der Waals surface area contributed by atoms with Crippen LogP contribution in [0.15, 0.2) is 47.5 Å². The predicted octanol–water partition coefficient (Wildman–Crippen LogP) is 2.24. The van der Waals surface area contributed by atoms with Crippen LogP contribution in [0.3, 0.4) is 0 Å². The first-order chi connectivity index (χ1) is 15.4. The summed E-state index contributed by atoms with van der Waals surface area (Å²) in [6.45, 7) is 0.00806. The smallest absolute Gasteiger partial charge is 0.354 e. The molecule has 4 rings (SSSR count). The molecule has 1 saturated heterocycles. The maximum atomic E-state index is 13.1. The summed E-state index contributed by atoms with van der Waals surface area (Å²) in [7, 11) is -4.11. The van der Waals surface area contributed by atoms with Crippen LogP contribution in [0.5, 0.6) is 0 Å². The average Bonchev–Trinajstić information content (AvgIpc) is 3.55. The summed E-state index contributed by atoms with van der Waals surface area (Å²) in [5.74, 6) is -0.961. The summed E-state index contributed by atoms with van der Waals surface area (Å²) in [5.41, 5.74) is -5.90. The van der Waals surface area contributed by atoms with Gasteiger partial charge in [-0.05, 0) is 54.8 Å². The number of sulfone groups is 1. The topological polar surface area (TPSA) is 117 Å². The van der Waals surface area contributed by atoms with E-state index in [-0.39, 0.29) is 17.9 Å². The minimum Gasteiger partial charge on any atom is -0.354 e. The van der Waals surface area contributed by atoms with Crippen molar-refractivity contribution in [3.8, 4) is 0 Å². The van der Waals surface area contributed by atoms with Crippen LogP contribution in [0.2, 0.25) is 0 Å². The molecule has 1 aliphatic heterocycles. The largest absolute Gasteiger partial charge is 0.501 e. The molecule has 1 aliphatic carbocycles. The Hall–Kier alpha value is -3.48. The number of nitrogens with one attached hydrogen (secondary N) is 1. The molecule has 1 N–H and O–H groups in total. The molecule has 1 aromatic heterocycles. The number of rotatable bonds is 5. The Bertz CT molecular complexity index is 1260. The van der Waals surface area contributed by atoms with Crippen LogP contribution >= 0.6 is 0 Å². The molecule has 0 unspecified atom stereocenters. The molecule has 0 atom stereocenters. The molecule has 0 bridgehead atoms. The Kier molecular flexibility index (Phi) is 5.19. The zero-order valence-electron chi connectivity index (χ0n) is 17.1. The minimum atomic E-state index is -5.56. The van der Waals surface area contributed by atoms with Crippen molar-refractivity contribution in [3.63, 3.8) is 0 Å². The lowest BCUT2D eigenvalue weighted by atomic mass is 10.1. The number of alkyl halides is 3. The molecule has 2 aromatic rings. The maximum absolute atomic E-state index is 13.1. The Morgan fingerprint density at radius 1 is 1.15 bits per heavy atom. The second-order valence-electron chi connectivity index (χ2n) is 7.61. The number of halogens is 3. The van der Waals surface area contributed by atoms with Gasteiger partial charge in [0.2, 0.25) is 0 Å². The molecule has 174 valence electrons. The standard InChI is InChI=1S/C20H17F3N4O5S/c1-24-16(28)15-10-12(6-9-25-15)11-26-18(30)27(17(29)19(26)7-8-19)13-2-4-14(5-3-13)33(31,32)20(21,22)23/h2-6,9-10H,7-8,11H2,1H3,(H,24,28). The number of carbonyl (C=O) groups excluding carboxylic acids is 3. The van der Waals surface area contributed by atoms with E-state index in [1.807, 2.05) is 0 Å². The van der Waals surface area contributed by atoms with Crippen molar-refractivity contribution in [2.45, 2.75) is 35.3 Å². The Balaban J connectivity index is 1.62. The molecule has 1 saturated carbocycles. The summed E-state index contributed by atoms with van der Waals surface area (Å²) in [4.78, 5) is 43.2. The van der Waals surface area contributed by atoms with E-state index in [0.29, 0.717) is 30.5 Å². The Morgan fingerprint density at radius 3 is 2.33 bits per heavy atom. The first-order valence-electron chi connectivity index (χ1n) is 9.67. The van der Waals surface area contributed by atoms with Crippen LogP contribution in [0.4, 0.5) is 23.7 Å². The lowest BCUT2D eigenvalue weighted by Crippen LogP contribution is -2.36. The summed E-state index contributed by atoms with van der Waals surface area (Å²) in [6, 6.07) is 5.79. The summed E-state index contributed by atoms with van der Waals surface area (Å²) in [6.07, 6.45) is 2.21. The van der Waals surface area contributed by atoms with Crippen molar-refractivity contribution in [1.82, 2.24) is 15.2 Å². The lowest BCUT2D eigenvalue weighted by molar-refractivity contribution is -0.120. The number of urea groups is 1. The second-order valence-corrected chi connectivity index (χ2v) is 9.55. The average molecular weight is 482 g/mol. The molecule has 2 aliphatic rings. The quantitative estimate of drug-likeness (QED) is 0.654. The number of hydrogen-bond acceptors (Lipinski definition) is 6. The molecule has 0 radical (unpaired) electrons. The van der Waals surface area contributed by atoms with E-state index in [4.69, 9.17) is 0 Å². The van der Waals surface area contributed by atoms with Gasteiger partial charge in [-0.1, -0.05) is 0 Å². The maximum Gasteiger partial charge on any atom is 0.501 e. The van der Waals surface area contributed by atoms with Gasteiger partial charge < -0.3 is 10.2 Å². The van der Waals surface area contributed by atoms with Crippen LogP contribution in [-0.4, -0.2) is 54.2 Å². The summed E-state index contributed by atoms with van der Waals surface area (Å²) < 4.78 is 61.4. The third-order valence-corrected chi connectivity index (χ3v) is 7.10. The Labute approximate surface area is 186 Å². The highest BCUT2D eigenvalue weighted by Gasteiger charge is 2.65. The molecular formula is C20H17F3N4O5S. The van der Waals surface area contributed by atoms with Gasteiger partial charge in [-0.15, -0.1) is 0 Å². The number of anilines is 1. The highest BCUT2D eigenvalue weighted by atomic mass is 32.2. The fraction of sp³-hybridized carbons (Fsp3) is 0.300. The zero-order valence-corrected chi connectivity index (χ0v) is 17.9. The molecule has 1 aromatic carbocycles. The van der Waals surface area contributed by atoms with Gasteiger partial charge in [0, 0.05) is 19.8 Å². The van der Waals surface area contributed by atoms with Crippen LogP contribution in [0.1, 0.15) is 28.9 Å². The van der Waals surface area contributed by atoms with Gasteiger partial charge in [-0.2, -0.15) is 13.2 Å². The predicted molar refractivity (Wildman–Crippen MR) is 108 cm³/mol. The van der Waals surface area contributed by atoms with Crippen LogP contribution in [-0.2, 0) is 21.2 Å². The van der Waals surface area contributed by atoms with Crippen molar-refractivity contribution >= 4 is 33.4 Å². The van der Waals surface area contributed by atoms with Crippen LogP contribution in [0, 0.1) is 0 Å². The van der Waals surface area contributed by atoms with E-state index in [0.717, 1.165) is 17.0 Å². The monoisotopic (exact) mass is 482 g/mol. The molecule has 2 fully saturated rings. The van der Waals surface area contributed by atoms with Gasteiger partial charge in [0.1, 0.15) is 11.2 Å². The number of carbonyl (C=O) groups is 3. The number of pyridine rings is 1. The van der Waals surface area contributed by atoms with Crippen molar-refractivity contribution in [3.05, 3.63) is 53.9 Å². The molecule has 4 amide bonds. The van der Waals surface area contributed by atoms with Gasteiger partial charge in [-0.3, -0.25) is 14.6 Å². The molecule has 9 nitrogen and oxygen atoms in total. The highest BCUT2D eigenvalue weighted by molar-refractivity contribution is 7.92. The molecule has 13 heteroatoms. The summed E-state index contributed by atoms with van der Waals surface area (Å²) in [5, 5.41) is 2.44. The molecule has 1 spiro atoms. The van der Waals surface area contributed by atoms with E-state index in [1.54, 1.807) is 6.07 Å². The van der Waals surface area contributed by atoms with Crippen molar-refractivity contribution < 1.29 is 36.0 Å². The lowest BCUT2D eigenvalue weighted by Gasteiger charge is -2.21. The van der Waals surface area contributed by atoms with Crippen LogP contribution < -0.4 is 10.2 Å². The van der Waals surface area contributed by atoms with Crippen molar-refractivity contribution in [1.29, 1.82) is 0 Å². The number of amides is 4. The number of hydrogen-bond donors (Lipinski definition) is 1. The van der Waals surface area contributed by atoms with E-state index in [9.17, 15) is 36.0 Å². The SMILES string of the molecule is CNC(=O)c1cc(CN2C(=O)N(c3ccc(S(=O)(=O)C(F)(F)F)cc3)C(=O)C23CC3)ccn1. The van der Waals surface area contributed by atoms with Gasteiger partial charge in [-0.25, -0.2) is 18.1 Å². The molecular weight excluding hydrogens is 465 g/mol. The molecule has 2 heterocycles. The Morgan fingerprint density at radius 2 is 1.79 bits per heavy atom. The number of nitrogens with zero attached hydrogens (tertiary/aromatic N) is 3. The second kappa shape index (κ2) is 7.54. The van der Waals surface area contributed by atoms with E-state index in [2.05, 4.69) is 10.3 Å². The highest BCUT2D eigenvalue weighted by Crippen LogP contribution is 2.49. The first kappa shape index (κ1) is 22.7. The third kappa shape index (κ3) is 3.61. The van der Waals surface area contributed by atoms with E-state index < -0.39 is 43.6 Å². The van der Waals surface area contributed by atoms with Crippen molar-refractivity contribution in [2.75, 3.05) is 11.9 Å². The normalized spacial score (nSPS) is 17.6. The van der Waals surface area contributed by atoms with Crippen LogP contribution in [0.25, 0.3) is 0 Å². The van der Waals surface area contributed by atoms with Gasteiger partial charge >= 0.3 is 11.5 Å². The van der Waals surface area contributed by atoms with Gasteiger partial charge in [0.05, 0.1) is 10.6 Å². The van der Waals surface area contributed by atoms with E-state index in [1.165, 1.54) is 24.2 Å². The van der Waals surface area contributed by atoms with Gasteiger partial charge in [0.15, 0.2) is 0 Å². The van der Waals surface area contributed by atoms with Crippen molar-refractivity contribution in [2.24, 2.45) is 0 Å².